The fourth-order valence-electron chi connectivity index (χ4n) is 2.55. The summed E-state index contributed by atoms with van der Waals surface area (Å²) >= 11 is 3.33. The largest absolute Gasteiger partial charge is 0.422 e. The van der Waals surface area contributed by atoms with Crippen molar-refractivity contribution in [3.63, 3.8) is 0 Å². The van der Waals surface area contributed by atoms with E-state index in [-0.39, 0.29) is 10.5 Å². The summed E-state index contributed by atoms with van der Waals surface area (Å²) < 4.78 is 31.7. The summed E-state index contributed by atoms with van der Waals surface area (Å²) in [6.45, 7) is 1.72. The summed E-state index contributed by atoms with van der Waals surface area (Å²) in [5, 5.41) is 3.19. The predicted molar refractivity (Wildman–Crippen MR) is 110 cm³/mol. The molecule has 7 nitrogen and oxygen atoms in total. The van der Waals surface area contributed by atoms with Gasteiger partial charge in [-0.25, -0.2) is 17.5 Å². The van der Waals surface area contributed by atoms with Crippen molar-refractivity contribution in [2.24, 2.45) is 0 Å². The number of aryl methyl sites for hydroxylation is 1. The van der Waals surface area contributed by atoms with E-state index < -0.39 is 21.6 Å². The molecule has 1 amide bonds. The third kappa shape index (κ3) is 3.87. The number of amides is 1. The average Bonchev–Trinajstić information content (AvgIpc) is 2.62. The van der Waals surface area contributed by atoms with Gasteiger partial charge in [0.05, 0.1) is 4.90 Å². The molecule has 0 radical (unpaired) electrons. The number of nitrogens with one attached hydrogen (secondary N) is 1. The highest BCUT2D eigenvalue weighted by atomic mass is 79.9. The summed E-state index contributed by atoms with van der Waals surface area (Å²) in [4.78, 5) is 24.9. The molecule has 0 aliphatic rings. The van der Waals surface area contributed by atoms with Crippen LogP contribution in [0, 0.1) is 6.92 Å². The SMILES string of the molecule is Cc1ccc(S(=O)(=O)N(C)C)cc1NC(=O)c1cc2cc(Br)ccc2oc1=O. The monoisotopic (exact) mass is 464 g/mol. The lowest BCUT2D eigenvalue weighted by atomic mass is 10.1. The number of sulfonamides is 1. The molecular weight excluding hydrogens is 448 g/mol. The maximum atomic E-state index is 12.7. The Morgan fingerprint density at radius 2 is 1.82 bits per heavy atom. The summed E-state index contributed by atoms with van der Waals surface area (Å²) in [6, 6.07) is 10.9. The van der Waals surface area contributed by atoms with Crippen LogP contribution in [0.25, 0.3) is 11.0 Å². The van der Waals surface area contributed by atoms with Crippen molar-refractivity contribution in [1.29, 1.82) is 0 Å². The van der Waals surface area contributed by atoms with E-state index >= 15 is 0 Å². The first kappa shape index (κ1) is 20.2. The van der Waals surface area contributed by atoms with Gasteiger partial charge in [0, 0.05) is 29.6 Å². The first-order valence-corrected chi connectivity index (χ1v) is 10.4. The highest BCUT2D eigenvalue weighted by Gasteiger charge is 2.20. The van der Waals surface area contributed by atoms with Crippen molar-refractivity contribution in [2.75, 3.05) is 19.4 Å². The Kier molecular flexibility index (Phi) is 5.42. The molecule has 0 saturated carbocycles. The molecule has 2 aromatic carbocycles. The van der Waals surface area contributed by atoms with E-state index in [1.54, 1.807) is 31.2 Å². The lowest BCUT2D eigenvalue weighted by molar-refractivity contribution is 0.102. The van der Waals surface area contributed by atoms with Crippen LogP contribution in [-0.2, 0) is 10.0 Å². The normalized spacial score (nSPS) is 11.8. The van der Waals surface area contributed by atoms with Gasteiger partial charge in [-0.05, 0) is 48.9 Å². The minimum Gasteiger partial charge on any atom is -0.422 e. The minimum absolute atomic E-state index is 0.0351. The molecule has 9 heteroatoms. The van der Waals surface area contributed by atoms with Crippen LogP contribution in [0.2, 0.25) is 0 Å². The van der Waals surface area contributed by atoms with E-state index in [1.807, 2.05) is 0 Å². The number of hydrogen-bond acceptors (Lipinski definition) is 5. The van der Waals surface area contributed by atoms with Crippen molar-refractivity contribution in [3.05, 3.63) is 68.5 Å². The van der Waals surface area contributed by atoms with Crippen LogP contribution in [-0.4, -0.2) is 32.7 Å². The smallest absolute Gasteiger partial charge is 0.349 e. The molecule has 146 valence electrons. The second-order valence-corrected chi connectivity index (χ2v) is 9.42. The van der Waals surface area contributed by atoms with Crippen LogP contribution >= 0.6 is 15.9 Å². The van der Waals surface area contributed by atoms with Gasteiger partial charge in [-0.1, -0.05) is 22.0 Å². The number of fused-ring (bicyclic) bond motifs is 1. The predicted octanol–water partition coefficient (Wildman–Crippen LogP) is 3.37. The Hall–Kier alpha value is -2.49. The van der Waals surface area contributed by atoms with E-state index in [2.05, 4.69) is 21.2 Å². The molecule has 1 N–H and O–H groups in total. The van der Waals surface area contributed by atoms with Gasteiger partial charge < -0.3 is 9.73 Å². The van der Waals surface area contributed by atoms with Gasteiger partial charge in [-0.15, -0.1) is 0 Å². The zero-order valence-corrected chi connectivity index (χ0v) is 17.7. The standard InChI is InChI=1S/C19H17BrN2O5S/c1-11-4-6-14(28(25,26)22(2)3)10-16(11)21-18(23)15-9-12-8-13(20)5-7-17(12)27-19(15)24/h4-10H,1-3H3,(H,21,23). The molecule has 0 bridgehead atoms. The fraction of sp³-hybridized carbons (Fsp3) is 0.158. The number of hydrogen-bond donors (Lipinski definition) is 1. The molecule has 0 atom stereocenters. The molecule has 0 aliphatic heterocycles. The minimum atomic E-state index is -3.66. The molecule has 0 unspecified atom stereocenters. The Morgan fingerprint density at radius 1 is 1.11 bits per heavy atom. The Balaban J connectivity index is 2.01. The summed E-state index contributed by atoms with van der Waals surface area (Å²) in [7, 11) is -0.817. The first-order chi connectivity index (χ1) is 13.1. The zero-order chi connectivity index (χ0) is 20.6. The molecule has 1 heterocycles. The molecule has 28 heavy (non-hydrogen) atoms. The average molecular weight is 465 g/mol. The molecule has 0 fully saturated rings. The highest BCUT2D eigenvalue weighted by molar-refractivity contribution is 9.10. The molecule has 0 spiro atoms. The van der Waals surface area contributed by atoms with Crippen LogP contribution in [0.3, 0.4) is 0 Å². The summed E-state index contributed by atoms with van der Waals surface area (Å²) in [6.07, 6.45) is 0. The molecule has 3 aromatic rings. The first-order valence-electron chi connectivity index (χ1n) is 8.17. The van der Waals surface area contributed by atoms with Crippen molar-refractivity contribution >= 4 is 48.5 Å². The fourth-order valence-corrected chi connectivity index (χ4v) is 3.86. The van der Waals surface area contributed by atoms with E-state index in [9.17, 15) is 18.0 Å². The van der Waals surface area contributed by atoms with E-state index in [0.717, 1.165) is 8.78 Å². The molecular formula is C19H17BrN2O5S. The molecule has 1 aromatic heterocycles. The molecule has 3 rings (SSSR count). The van der Waals surface area contributed by atoms with Gasteiger partial charge in [0.1, 0.15) is 11.1 Å². The van der Waals surface area contributed by atoms with Crippen LogP contribution in [0.5, 0.6) is 0 Å². The maximum Gasteiger partial charge on any atom is 0.349 e. The van der Waals surface area contributed by atoms with Crippen LogP contribution < -0.4 is 10.9 Å². The highest BCUT2D eigenvalue weighted by Crippen LogP contribution is 2.23. The second-order valence-electron chi connectivity index (χ2n) is 6.35. The third-order valence-electron chi connectivity index (χ3n) is 4.17. The number of rotatable bonds is 4. The van der Waals surface area contributed by atoms with E-state index in [1.165, 1.54) is 32.3 Å². The van der Waals surface area contributed by atoms with E-state index in [0.29, 0.717) is 22.2 Å². The van der Waals surface area contributed by atoms with Crippen molar-refractivity contribution < 1.29 is 17.6 Å². The lowest BCUT2D eigenvalue weighted by Crippen LogP contribution is -2.23. The quantitative estimate of drug-likeness (QED) is 0.596. The summed E-state index contributed by atoms with van der Waals surface area (Å²) in [5.41, 5.74) is 0.355. The maximum absolute atomic E-state index is 12.7. The van der Waals surface area contributed by atoms with Crippen LogP contribution in [0.1, 0.15) is 15.9 Å². The van der Waals surface area contributed by atoms with Crippen molar-refractivity contribution in [1.82, 2.24) is 4.31 Å². The van der Waals surface area contributed by atoms with Gasteiger partial charge in [0.15, 0.2) is 0 Å². The Morgan fingerprint density at radius 3 is 2.50 bits per heavy atom. The Bertz CT molecular complexity index is 1250. The topological polar surface area (TPSA) is 96.7 Å². The van der Waals surface area contributed by atoms with Gasteiger partial charge in [0.25, 0.3) is 5.91 Å². The Labute approximate surface area is 170 Å². The molecule has 0 saturated heterocycles. The number of nitrogens with zero attached hydrogens (tertiary/aromatic N) is 1. The van der Waals surface area contributed by atoms with Crippen molar-refractivity contribution in [2.45, 2.75) is 11.8 Å². The summed E-state index contributed by atoms with van der Waals surface area (Å²) in [5.74, 6) is -0.682. The molecule has 0 aliphatic carbocycles. The zero-order valence-electron chi connectivity index (χ0n) is 15.3. The van der Waals surface area contributed by atoms with Crippen LogP contribution in [0.15, 0.2) is 61.0 Å². The second kappa shape index (κ2) is 7.50. The van der Waals surface area contributed by atoms with Gasteiger partial charge >= 0.3 is 5.63 Å². The number of carbonyl (C=O) groups is 1. The van der Waals surface area contributed by atoms with E-state index in [4.69, 9.17) is 4.42 Å². The number of halogens is 1. The van der Waals surface area contributed by atoms with Crippen LogP contribution in [0.4, 0.5) is 5.69 Å². The lowest BCUT2D eigenvalue weighted by Gasteiger charge is -2.14. The number of benzene rings is 2. The third-order valence-corrected chi connectivity index (χ3v) is 6.48. The van der Waals surface area contributed by atoms with Gasteiger partial charge in [0.2, 0.25) is 10.0 Å². The number of anilines is 1. The number of carbonyl (C=O) groups excluding carboxylic acids is 1. The van der Waals surface area contributed by atoms with Gasteiger partial charge in [-0.2, -0.15) is 0 Å². The van der Waals surface area contributed by atoms with Gasteiger partial charge in [-0.3, -0.25) is 4.79 Å². The van der Waals surface area contributed by atoms with Crippen molar-refractivity contribution in [3.8, 4) is 0 Å².